The molecular formula is C21H22F2N6O3S. The van der Waals surface area contributed by atoms with Crippen LogP contribution in [0.4, 0.5) is 14.6 Å². The highest BCUT2D eigenvalue weighted by Crippen LogP contribution is 2.25. The van der Waals surface area contributed by atoms with Crippen LogP contribution >= 0.6 is 12.0 Å². The number of amides is 1. The monoisotopic (exact) mass is 476 g/mol. The lowest BCUT2D eigenvalue weighted by atomic mass is 10.2. The van der Waals surface area contributed by atoms with Gasteiger partial charge in [-0.3, -0.25) is 24.1 Å². The number of carbonyl (C=O) groups excluding carboxylic acids is 1. The average Bonchev–Trinajstić information content (AvgIpc) is 2.81. The molecule has 0 radical (unpaired) electrons. The summed E-state index contributed by atoms with van der Waals surface area (Å²) in [6, 6.07) is 7.74. The fourth-order valence-corrected chi connectivity index (χ4v) is 3.39. The first-order valence-electron chi connectivity index (χ1n) is 9.82. The Bertz CT molecular complexity index is 1160. The number of rotatable bonds is 10. The van der Waals surface area contributed by atoms with E-state index < -0.39 is 29.6 Å². The Balaban J connectivity index is 1.67. The summed E-state index contributed by atoms with van der Waals surface area (Å²) in [5.74, 6) is -4.05. The third-order valence-corrected chi connectivity index (χ3v) is 5.27. The number of aromatic nitrogens is 4. The first-order valence-corrected chi connectivity index (χ1v) is 10.6. The molecule has 0 atom stereocenters. The second-order valence-corrected chi connectivity index (χ2v) is 7.83. The molecule has 1 amide bonds. The Kier molecular flexibility index (Phi) is 8.06. The molecule has 0 saturated carbocycles. The lowest BCUT2D eigenvalue weighted by Crippen LogP contribution is -2.36. The van der Waals surface area contributed by atoms with E-state index in [1.807, 2.05) is 0 Å². The van der Waals surface area contributed by atoms with E-state index in [4.69, 9.17) is 4.18 Å². The maximum absolute atomic E-state index is 14.4. The molecule has 3 aromatic rings. The van der Waals surface area contributed by atoms with E-state index >= 15 is 0 Å². The minimum atomic E-state index is -3.32. The van der Waals surface area contributed by atoms with Crippen LogP contribution in [-0.4, -0.2) is 39.1 Å². The number of nitrogens with one attached hydrogen (secondary N) is 2. The van der Waals surface area contributed by atoms with Gasteiger partial charge >= 0.3 is 5.92 Å². The normalized spacial score (nSPS) is 11.3. The van der Waals surface area contributed by atoms with Gasteiger partial charge in [0.2, 0.25) is 5.91 Å². The summed E-state index contributed by atoms with van der Waals surface area (Å²) in [6.45, 7) is 0.547. The molecule has 3 heterocycles. The van der Waals surface area contributed by atoms with Gasteiger partial charge in [-0.15, -0.1) is 0 Å². The van der Waals surface area contributed by atoms with Crippen LogP contribution in [0.2, 0.25) is 0 Å². The van der Waals surface area contributed by atoms with E-state index in [-0.39, 0.29) is 18.9 Å². The van der Waals surface area contributed by atoms with Crippen LogP contribution in [0.1, 0.15) is 17.1 Å². The molecule has 0 saturated heterocycles. The maximum Gasteiger partial charge on any atom is 0.306 e. The molecule has 2 N–H and O–H groups in total. The molecule has 33 heavy (non-hydrogen) atoms. The molecule has 0 aromatic carbocycles. The van der Waals surface area contributed by atoms with Crippen LogP contribution in [0.5, 0.6) is 0 Å². The van der Waals surface area contributed by atoms with Gasteiger partial charge in [-0.25, -0.2) is 4.98 Å². The highest BCUT2D eigenvalue weighted by molar-refractivity contribution is 7.94. The molecule has 0 bridgehead atoms. The van der Waals surface area contributed by atoms with Crippen molar-refractivity contribution in [3.8, 4) is 0 Å². The topological polar surface area (TPSA) is 111 Å². The molecule has 0 unspecified atom stereocenters. The van der Waals surface area contributed by atoms with Crippen LogP contribution in [0, 0.1) is 6.92 Å². The number of anilines is 1. The third-order valence-electron chi connectivity index (χ3n) is 4.55. The van der Waals surface area contributed by atoms with Crippen LogP contribution in [0.3, 0.4) is 0 Å². The second kappa shape index (κ2) is 11.0. The molecule has 174 valence electrons. The molecule has 0 aliphatic heterocycles. The maximum atomic E-state index is 14.4. The second-order valence-electron chi connectivity index (χ2n) is 6.89. The van der Waals surface area contributed by atoms with E-state index in [0.717, 1.165) is 21.5 Å². The number of pyridine rings is 2. The van der Waals surface area contributed by atoms with Crippen molar-refractivity contribution in [1.82, 2.24) is 24.8 Å². The van der Waals surface area contributed by atoms with Crippen LogP contribution < -0.4 is 16.2 Å². The zero-order chi connectivity index (χ0) is 23.8. The van der Waals surface area contributed by atoms with Gasteiger partial charge in [-0.1, -0.05) is 6.07 Å². The summed E-state index contributed by atoms with van der Waals surface area (Å²) in [6.07, 6.45) is 4.19. The average molecular weight is 477 g/mol. The summed E-state index contributed by atoms with van der Waals surface area (Å²) in [4.78, 5) is 37.8. The van der Waals surface area contributed by atoms with Gasteiger partial charge in [0, 0.05) is 36.3 Å². The fourth-order valence-electron chi connectivity index (χ4n) is 2.86. The largest absolute Gasteiger partial charge is 0.359 e. The van der Waals surface area contributed by atoms with Crippen LogP contribution in [0.25, 0.3) is 0 Å². The summed E-state index contributed by atoms with van der Waals surface area (Å²) in [5, 5.41) is 5.08. The molecule has 0 spiro atoms. The summed E-state index contributed by atoms with van der Waals surface area (Å²) < 4.78 is 34.9. The lowest BCUT2D eigenvalue weighted by molar-refractivity contribution is -0.121. The van der Waals surface area contributed by atoms with E-state index in [2.05, 4.69) is 25.6 Å². The summed E-state index contributed by atoms with van der Waals surface area (Å²) >= 11 is 1.12. The van der Waals surface area contributed by atoms with Gasteiger partial charge in [0.05, 0.1) is 30.8 Å². The van der Waals surface area contributed by atoms with Gasteiger partial charge in [-0.05, 0) is 31.2 Å². The fraction of sp³-hybridized carbons (Fsp3) is 0.286. The highest BCUT2D eigenvalue weighted by atomic mass is 32.2. The molecule has 12 heteroatoms. The molecule has 0 fully saturated rings. The Morgan fingerprint density at radius 2 is 1.97 bits per heavy atom. The number of hydrogen-bond donors (Lipinski definition) is 2. The number of halogens is 2. The van der Waals surface area contributed by atoms with Crippen molar-refractivity contribution < 1.29 is 17.8 Å². The van der Waals surface area contributed by atoms with E-state index in [9.17, 15) is 18.4 Å². The van der Waals surface area contributed by atoms with Gasteiger partial charge in [-0.2, -0.15) is 8.78 Å². The number of carbonyl (C=O) groups is 1. The van der Waals surface area contributed by atoms with E-state index in [0.29, 0.717) is 11.4 Å². The Morgan fingerprint density at radius 1 is 1.18 bits per heavy atom. The van der Waals surface area contributed by atoms with Crippen molar-refractivity contribution in [2.75, 3.05) is 19.0 Å². The smallest absolute Gasteiger partial charge is 0.306 e. The Hall–Kier alpha value is -3.38. The standard InChI is InChI=1S/C21H22F2N6O3S/c1-14-10-27-19(28-13-21(22,23)17-7-3-4-8-25-17)20(31)29(14)12-18(30)26-11-15-16(33-32-2)6-5-9-24-15/h3-10H,11-13H2,1-2H3,(H,26,30)(H,27,28). The Labute approximate surface area is 192 Å². The number of alkyl halides is 2. The number of aryl methyl sites for hydroxylation is 1. The molecule has 3 aromatic heterocycles. The first kappa shape index (κ1) is 24.3. The van der Waals surface area contributed by atoms with Crippen molar-refractivity contribution in [3.63, 3.8) is 0 Å². The number of hydrogen-bond acceptors (Lipinski definition) is 8. The molecule has 9 nitrogen and oxygen atoms in total. The Morgan fingerprint density at radius 3 is 2.70 bits per heavy atom. The first-order chi connectivity index (χ1) is 15.8. The van der Waals surface area contributed by atoms with E-state index in [1.165, 1.54) is 37.7 Å². The molecule has 3 rings (SSSR count). The quantitative estimate of drug-likeness (QED) is 0.430. The van der Waals surface area contributed by atoms with Gasteiger partial charge in [0.15, 0.2) is 5.82 Å². The summed E-state index contributed by atoms with van der Waals surface area (Å²) in [5.41, 5.74) is -0.0958. The lowest BCUT2D eigenvalue weighted by Gasteiger charge is -2.17. The minimum Gasteiger partial charge on any atom is -0.359 e. The predicted octanol–water partition coefficient (Wildman–Crippen LogP) is 2.52. The molecule has 0 aliphatic rings. The predicted molar refractivity (Wildman–Crippen MR) is 119 cm³/mol. The van der Waals surface area contributed by atoms with Crippen molar-refractivity contribution in [1.29, 1.82) is 0 Å². The van der Waals surface area contributed by atoms with Gasteiger partial charge < -0.3 is 14.8 Å². The van der Waals surface area contributed by atoms with Crippen LogP contribution in [0.15, 0.2) is 58.6 Å². The zero-order valence-electron chi connectivity index (χ0n) is 17.9. The van der Waals surface area contributed by atoms with E-state index in [1.54, 1.807) is 25.3 Å². The van der Waals surface area contributed by atoms with Crippen molar-refractivity contribution in [2.45, 2.75) is 30.8 Å². The third kappa shape index (κ3) is 6.33. The van der Waals surface area contributed by atoms with Crippen molar-refractivity contribution >= 4 is 23.8 Å². The van der Waals surface area contributed by atoms with Gasteiger partial charge in [0.1, 0.15) is 12.2 Å². The number of nitrogens with zero attached hydrogens (tertiary/aromatic N) is 4. The molecular weight excluding hydrogens is 454 g/mol. The van der Waals surface area contributed by atoms with Gasteiger partial charge in [0.25, 0.3) is 5.56 Å². The summed E-state index contributed by atoms with van der Waals surface area (Å²) in [7, 11) is 1.52. The zero-order valence-corrected chi connectivity index (χ0v) is 18.7. The van der Waals surface area contributed by atoms with Crippen molar-refractivity contribution in [3.05, 3.63) is 76.4 Å². The molecule has 0 aliphatic carbocycles. The SMILES string of the molecule is COSc1cccnc1CNC(=O)Cn1c(C)cnc(NCC(F)(F)c2ccccn2)c1=O. The highest BCUT2D eigenvalue weighted by Gasteiger charge is 2.33. The van der Waals surface area contributed by atoms with Crippen LogP contribution in [-0.2, 0) is 28.0 Å². The van der Waals surface area contributed by atoms with Crippen molar-refractivity contribution in [2.24, 2.45) is 0 Å². The minimum absolute atomic E-state index is 0.131.